The van der Waals surface area contributed by atoms with Crippen LogP contribution in [-0.4, -0.2) is 23.6 Å². The summed E-state index contributed by atoms with van der Waals surface area (Å²) in [7, 11) is 0. The SMILES string of the molecule is CC(C)(C)NC(=O)c1ccccc1OC/C(=C/F)C1(N)CC1.Cl. The number of para-hydroxylation sites is 1. The standard InChI is InChI=1S/C17H23FN2O2.ClH/c1-16(2,3)20-15(21)13-6-4-5-7-14(13)22-11-12(10-18)17(19)8-9-17;/h4-7,10H,8-9,11,19H2,1-3H3,(H,20,21);1H/b12-10-;. The summed E-state index contributed by atoms with van der Waals surface area (Å²) in [5.41, 5.74) is 5.92. The number of nitrogens with two attached hydrogens (primary N) is 1. The number of amides is 1. The Morgan fingerprint density at radius 1 is 1.39 bits per heavy atom. The molecule has 0 spiro atoms. The summed E-state index contributed by atoms with van der Waals surface area (Å²) >= 11 is 0. The van der Waals surface area contributed by atoms with Gasteiger partial charge >= 0.3 is 0 Å². The summed E-state index contributed by atoms with van der Waals surface area (Å²) in [4.78, 5) is 12.3. The molecule has 0 heterocycles. The van der Waals surface area contributed by atoms with Crippen LogP contribution in [0.4, 0.5) is 4.39 Å². The molecule has 1 fully saturated rings. The molecule has 4 nitrogen and oxygen atoms in total. The number of halogens is 2. The number of carbonyl (C=O) groups excluding carboxylic acids is 1. The normalized spacial score (nSPS) is 16.3. The average Bonchev–Trinajstić information content (AvgIpc) is 3.16. The first-order chi connectivity index (χ1) is 10.2. The average molecular weight is 343 g/mol. The van der Waals surface area contributed by atoms with E-state index in [1.165, 1.54) is 0 Å². The first kappa shape index (κ1) is 19.5. The van der Waals surface area contributed by atoms with E-state index in [0.29, 0.717) is 23.2 Å². The summed E-state index contributed by atoms with van der Waals surface area (Å²) < 4.78 is 18.6. The maximum atomic E-state index is 13.0. The van der Waals surface area contributed by atoms with Gasteiger partial charge in [0, 0.05) is 16.7 Å². The zero-order chi connectivity index (χ0) is 16.4. The highest BCUT2D eigenvalue weighted by atomic mass is 35.5. The van der Waals surface area contributed by atoms with E-state index < -0.39 is 5.54 Å². The topological polar surface area (TPSA) is 64.3 Å². The quantitative estimate of drug-likeness (QED) is 0.862. The minimum Gasteiger partial charge on any atom is -0.488 e. The Balaban J connectivity index is 0.00000264. The molecule has 6 heteroatoms. The number of hydrogen-bond acceptors (Lipinski definition) is 3. The molecule has 0 atom stereocenters. The van der Waals surface area contributed by atoms with Crippen LogP contribution >= 0.6 is 12.4 Å². The third-order valence-corrected chi connectivity index (χ3v) is 3.56. The molecule has 0 radical (unpaired) electrons. The van der Waals surface area contributed by atoms with Gasteiger partial charge in [0.2, 0.25) is 0 Å². The van der Waals surface area contributed by atoms with Crippen LogP contribution < -0.4 is 15.8 Å². The molecule has 3 N–H and O–H groups in total. The fraction of sp³-hybridized carbons (Fsp3) is 0.471. The van der Waals surface area contributed by atoms with Crippen LogP contribution in [-0.2, 0) is 0 Å². The fourth-order valence-electron chi connectivity index (χ4n) is 2.08. The first-order valence-corrected chi connectivity index (χ1v) is 7.38. The number of ether oxygens (including phenoxy) is 1. The van der Waals surface area contributed by atoms with Gasteiger partial charge in [-0.05, 0) is 45.7 Å². The van der Waals surface area contributed by atoms with Gasteiger partial charge in [0.05, 0.1) is 11.9 Å². The van der Waals surface area contributed by atoms with Crippen LogP contribution in [0.25, 0.3) is 0 Å². The zero-order valence-electron chi connectivity index (χ0n) is 13.7. The van der Waals surface area contributed by atoms with Crippen molar-refractivity contribution < 1.29 is 13.9 Å². The number of hydrogen-bond donors (Lipinski definition) is 2. The molecule has 1 amide bonds. The van der Waals surface area contributed by atoms with Crippen molar-refractivity contribution in [2.45, 2.75) is 44.7 Å². The van der Waals surface area contributed by atoms with Crippen LogP contribution in [0.3, 0.4) is 0 Å². The Labute approximate surface area is 142 Å². The maximum absolute atomic E-state index is 13.0. The first-order valence-electron chi connectivity index (χ1n) is 7.38. The molecule has 0 bridgehead atoms. The smallest absolute Gasteiger partial charge is 0.255 e. The largest absolute Gasteiger partial charge is 0.488 e. The third kappa shape index (κ3) is 5.22. The Morgan fingerprint density at radius 2 is 2.00 bits per heavy atom. The van der Waals surface area contributed by atoms with Gasteiger partial charge < -0.3 is 15.8 Å². The van der Waals surface area contributed by atoms with E-state index in [4.69, 9.17) is 10.5 Å². The van der Waals surface area contributed by atoms with Crippen molar-refractivity contribution >= 4 is 18.3 Å². The second kappa shape index (κ2) is 7.32. The van der Waals surface area contributed by atoms with Crippen molar-refractivity contribution in [3.05, 3.63) is 41.7 Å². The summed E-state index contributed by atoms with van der Waals surface area (Å²) in [6, 6.07) is 6.92. The van der Waals surface area contributed by atoms with E-state index >= 15 is 0 Å². The molecule has 0 aromatic heterocycles. The van der Waals surface area contributed by atoms with Gasteiger partial charge in [-0.15, -0.1) is 12.4 Å². The van der Waals surface area contributed by atoms with Gasteiger partial charge in [0.1, 0.15) is 12.4 Å². The molecule has 1 saturated carbocycles. The van der Waals surface area contributed by atoms with E-state index in [9.17, 15) is 9.18 Å². The lowest BCUT2D eigenvalue weighted by Crippen LogP contribution is -2.40. The molecule has 1 aromatic rings. The second-order valence-corrected chi connectivity index (χ2v) is 6.78. The van der Waals surface area contributed by atoms with E-state index in [0.717, 1.165) is 12.8 Å². The van der Waals surface area contributed by atoms with E-state index in [2.05, 4.69) is 5.32 Å². The molecule has 1 aliphatic carbocycles. The van der Waals surface area contributed by atoms with Gasteiger partial charge in [0.15, 0.2) is 0 Å². The Morgan fingerprint density at radius 3 is 2.52 bits per heavy atom. The molecular formula is C17H24ClFN2O2. The summed E-state index contributed by atoms with van der Waals surface area (Å²) in [6.45, 7) is 5.77. The van der Waals surface area contributed by atoms with Crippen LogP contribution in [0.2, 0.25) is 0 Å². The molecule has 1 aromatic carbocycles. The lowest BCUT2D eigenvalue weighted by molar-refractivity contribution is 0.0916. The van der Waals surface area contributed by atoms with Crippen molar-refractivity contribution in [1.82, 2.24) is 5.32 Å². The maximum Gasteiger partial charge on any atom is 0.255 e. The molecule has 0 saturated heterocycles. The van der Waals surface area contributed by atoms with E-state index in [-0.39, 0.29) is 30.5 Å². The van der Waals surface area contributed by atoms with Crippen LogP contribution in [0.5, 0.6) is 5.75 Å². The summed E-state index contributed by atoms with van der Waals surface area (Å²) in [5, 5.41) is 2.89. The number of benzene rings is 1. The van der Waals surface area contributed by atoms with E-state index in [1.807, 2.05) is 20.8 Å². The van der Waals surface area contributed by atoms with Crippen molar-refractivity contribution in [3.63, 3.8) is 0 Å². The van der Waals surface area contributed by atoms with Crippen molar-refractivity contribution in [1.29, 1.82) is 0 Å². The Kier molecular flexibility index (Phi) is 6.19. The molecule has 0 unspecified atom stereocenters. The van der Waals surface area contributed by atoms with Crippen molar-refractivity contribution in [3.8, 4) is 5.75 Å². The van der Waals surface area contributed by atoms with Gasteiger partial charge in [-0.25, -0.2) is 4.39 Å². The number of nitrogens with one attached hydrogen (secondary N) is 1. The van der Waals surface area contributed by atoms with Crippen molar-refractivity contribution in [2.24, 2.45) is 5.73 Å². The molecular weight excluding hydrogens is 319 g/mol. The molecule has 23 heavy (non-hydrogen) atoms. The monoisotopic (exact) mass is 342 g/mol. The van der Waals surface area contributed by atoms with Gasteiger partial charge in [-0.2, -0.15) is 0 Å². The molecule has 128 valence electrons. The fourth-order valence-corrected chi connectivity index (χ4v) is 2.08. The third-order valence-electron chi connectivity index (χ3n) is 3.56. The lowest BCUT2D eigenvalue weighted by Gasteiger charge is -2.22. The predicted molar refractivity (Wildman–Crippen MR) is 91.7 cm³/mol. The molecule has 2 rings (SSSR count). The van der Waals surface area contributed by atoms with Gasteiger partial charge in [-0.1, -0.05) is 12.1 Å². The van der Waals surface area contributed by atoms with Gasteiger partial charge in [0.25, 0.3) is 5.91 Å². The molecule has 0 aliphatic heterocycles. The minimum absolute atomic E-state index is 0. The highest BCUT2D eigenvalue weighted by Gasteiger charge is 2.42. The number of carbonyl (C=O) groups is 1. The van der Waals surface area contributed by atoms with Crippen LogP contribution in [0.15, 0.2) is 36.2 Å². The zero-order valence-corrected chi connectivity index (χ0v) is 14.5. The Bertz CT molecular complexity index is 593. The predicted octanol–water partition coefficient (Wildman–Crippen LogP) is 3.36. The van der Waals surface area contributed by atoms with E-state index in [1.54, 1.807) is 24.3 Å². The van der Waals surface area contributed by atoms with Crippen LogP contribution in [0.1, 0.15) is 44.0 Å². The molecule has 1 aliphatic rings. The van der Waals surface area contributed by atoms with Crippen molar-refractivity contribution in [2.75, 3.05) is 6.61 Å². The Hall–Kier alpha value is -1.59. The van der Waals surface area contributed by atoms with Gasteiger partial charge in [-0.3, -0.25) is 4.79 Å². The highest BCUT2D eigenvalue weighted by molar-refractivity contribution is 5.97. The highest BCUT2D eigenvalue weighted by Crippen LogP contribution is 2.39. The number of rotatable bonds is 5. The summed E-state index contributed by atoms with van der Waals surface area (Å²) in [6.07, 6.45) is 2.04. The summed E-state index contributed by atoms with van der Waals surface area (Å²) in [5.74, 6) is 0.204. The lowest BCUT2D eigenvalue weighted by atomic mass is 10.1. The minimum atomic E-state index is -0.572. The van der Waals surface area contributed by atoms with Crippen LogP contribution in [0, 0.1) is 0 Å². The second-order valence-electron chi connectivity index (χ2n) is 6.78.